The number of anilines is 1. The average molecular weight is 445 g/mol. The van der Waals surface area contributed by atoms with Gasteiger partial charge in [-0.1, -0.05) is 12.1 Å². The number of nitrogens with one attached hydrogen (secondary N) is 1. The van der Waals surface area contributed by atoms with E-state index >= 15 is 0 Å². The van der Waals surface area contributed by atoms with Gasteiger partial charge >= 0.3 is 6.09 Å². The van der Waals surface area contributed by atoms with Crippen LogP contribution in [0, 0.1) is 0 Å². The van der Waals surface area contributed by atoms with E-state index in [0.717, 1.165) is 11.1 Å². The fraction of sp³-hybridized carbons (Fsp3) is 0.154. The van der Waals surface area contributed by atoms with Crippen LogP contribution >= 0.6 is 0 Å². The van der Waals surface area contributed by atoms with Crippen LogP contribution in [0.25, 0.3) is 6.08 Å². The first kappa shape index (κ1) is 22.0. The lowest BCUT2D eigenvalue weighted by Crippen LogP contribution is -2.16. The topological polar surface area (TPSA) is 83.1 Å². The van der Waals surface area contributed by atoms with Crippen LogP contribution < -0.4 is 24.3 Å². The highest BCUT2D eigenvalue weighted by atomic mass is 16.6. The highest BCUT2D eigenvalue weighted by Crippen LogP contribution is 2.37. The van der Waals surface area contributed by atoms with Gasteiger partial charge in [-0.05, 0) is 65.7 Å². The van der Waals surface area contributed by atoms with Gasteiger partial charge in [-0.15, -0.1) is 0 Å². The third-order valence-corrected chi connectivity index (χ3v) is 5.27. The van der Waals surface area contributed by atoms with Crippen LogP contribution in [0.1, 0.15) is 21.5 Å². The summed E-state index contributed by atoms with van der Waals surface area (Å²) in [5, 5.41) is 2.66. The molecule has 0 spiro atoms. The quantitative estimate of drug-likeness (QED) is 0.529. The maximum Gasteiger partial charge on any atom is 0.417 e. The van der Waals surface area contributed by atoms with Gasteiger partial charge in [0.2, 0.25) is 0 Å². The van der Waals surface area contributed by atoms with Crippen molar-refractivity contribution in [2.24, 2.45) is 0 Å². The molecular weight excluding hydrogens is 422 g/mol. The van der Waals surface area contributed by atoms with Crippen molar-refractivity contribution in [2.75, 3.05) is 26.6 Å². The summed E-state index contributed by atoms with van der Waals surface area (Å²) >= 11 is 0. The van der Waals surface area contributed by atoms with E-state index in [9.17, 15) is 9.59 Å². The molecule has 3 aromatic carbocycles. The van der Waals surface area contributed by atoms with Crippen LogP contribution in [0.15, 0.2) is 66.2 Å². The number of benzene rings is 3. The molecule has 7 nitrogen and oxygen atoms in total. The summed E-state index contributed by atoms with van der Waals surface area (Å²) in [4.78, 5) is 25.2. The molecule has 0 saturated carbocycles. The molecule has 33 heavy (non-hydrogen) atoms. The molecule has 0 radical (unpaired) electrons. The number of methoxy groups -OCH3 is 3. The molecule has 0 aliphatic heterocycles. The molecule has 0 aromatic heterocycles. The van der Waals surface area contributed by atoms with Gasteiger partial charge in [-0.2, -0.15) is 0 Å². The van der Waals surface area contributed by atoms with E-state index in [-0.39, 0.29) is 5.78 Å². The minimum Gasteiger partial charge on any atom is -0.497 e. The van der Waals surface area contributed by atoms with Crippen molar-refractivity contribution in [2.45, 2.75) is 6.42 Å². The Labute approximate surface area is 191 Å². The van der Waals surface area contributed by atoms with Crippen LogP contribution in [0.4, 0.5) is 10.5 Å². The summed E-state index contributed by atoms with van der Waals surface area (Å²) < 4.78 is 21.2. The van der Waals surface area contributed by atoms with Crippen molar-refractivity contribution in [3.63, 3.8) is 0 Å². The molecule has 0 bridgehead atoms. The molecule has 0 atom stereocenters. The fourth-order valence-electron chi connectivity index (χ4n) is 3.65. The highest BCUT2D eigenvalue weighted by molar-refractivity contribution is 6.16. The fourth-order valence-corrected chi connectivity index (χ4v) is 3.65. The van der Waals surface area contributed by atoms with E-state index in [1.54, 1.807) is 68.8 Å². The zero-order chi connectivity index (χ0) is 23.4. The van der Waals surface area contributed by atoms with Gasteiger partial charge in [0, 0.05) is 23.2 Å². The number of hydrogen-bond donors (Lipinski definition) is 1. The Morgan fingerprint density at radius 1 is 0.879 bits per heavy atom. The molecule has 7 heteroatoms. The Morgan fingerprint density at radius 3 is 2.30 bits per heavy atom. The molecular formula is C26H23NO6. The van der Waals surface area contributed by atoms with E-state index in [1.165, 1.54) is 7.11 Å². The molecule has 1 amide bonds. The van der Waals surface area contributed by atoms with Crippen molar-refractivity contribution in [3.05, 3.63) is 82.9 Å². The lowest BCUT2D eigenvalue weighted by Gasteiger charge is -2.08. The molecule has 0 fully saturated rings. The molecule has 0 heterocycles. The Balaban J connectivity index is 1.48. The summed E-state index contributed by atoms with van der Waals surface area (Å²) in [7, 11) is 4.68. The zero-order valence-corrected chi connectivity index (χ0v) is 18.5. The Kier molecular flexibility index (Phi) is 6.31. The maximum absolute atomic E-state index is 12.9. The summed E-state index contributed by atoms with van der Waals surface area (Å²) in [6.45, 7) is 0. The van der Waals surface area contributed by atoms with Gasteiger partial charge in [0.1, 0.15) is 11.5 Å². The minimum absolute atomic E-state index is 0.0606. The van der Waals surface area contributed by atoms with Gasteiger partial charge < -0.3 is 18.9 Å². The second kappa shape index (κ2) is 9.48. The van der Waals surface area contributed by atoms with Gasteiger partial charge in [-0.25, -0.2) is 4.79 Å². The number of allylic oxidation sites excluding steroid dienone is 1. The summed E-state index contributed by atoms with van der Waals surface area (Å²) in [6.07, 6.45) is 1.67. The van der Waals surface area contributed by atoms with E-state index in [1.807, 2.05) is 12.1 Å². The third kappa shape index (κ3) is 4.82. The summed E-state index contributed by atoms with van der Waals surface area (Å²) in [6, 6.07) is 17.4. The predicted octanol–water partition coefficient (Wildman–Crippen LogP) is 5.15. The molecule has 168 valence electrons. The summed E-state index contributed by atoms with van der Waals surface area (Å²) in [5.74, 6) is 2.10. The molecule has 0 saturated heterocycles. The molecule has 1 aliphatic carbocycles. The second-order valence-corrected chi connectivity index (χ2v) is 7.36. The standard InChI is InChI=1S/C26H23NO6/c1-30-20-9-7-19(8-10-20)27-26(29)33-21-6-4-5-16(12-21)11-18-13-17-14-23(31-2)24(32-3)15-22(17)25(18)28/h4-12,14-15H,13H2,1-3H3,(H,27,29)/b18-11+. The number of rotatable bonds is 6. The lowest BCUT2D eigenvalue weighted by molar-refractivity contribution is 0.104. The van der Waals surface area contributed by atoms with Crippen LogP contribution in [0.3, 0.4) is 0 Å². The number of Topliss-reactive ketones (excluding diaryl/α,β-unsaturated/α-hetero) is 1. The Hall–Kier alpha value is -4.26. The zero-order valence-electron chi connectivity index (χ0n) is 18.5. The van der Waals surface area contributed by atoms with Crippen LogP contribution in [-0.4, -0.2) is 33.2 Å². The Morgan fingerprint density at radius 2 is 1.61 bits per heavy atom. The van der Waals surface area contributed by atoms with Crippen molar-refractivity contribution < 1.29 is 28.5 Å². The predicted molar refractivity (Wildman–Crippen MR) is 125 cm³/mol. The molecule has 4 rings (SSSR count). The highest BCUT2D eigenvalue weighted by Gasteiger charge is 2.27. The van der Waals surface area contributed by atoms with Gasteiger partial charge in [-0.3, -0.25) is 10.1 Å². The second-order valence-electron chi connectivity index (χ2n) is 7.36. The smallest absolute Gasteiger partial charge is 0.417 e. The first-order valence-electron chi connectivity index (χ1n) is 10.2. The monoisotopic (exact) mass is 445 g/mol. The third-order valence-electron chi connectivity index (χ3n) is 5.27. The Bertz CT molecular complexity index is 1230. The van der Waals surface area contributed by atoms with Crippen LogP contribution in [-0.2, 0) is 6.42 Å². The number of ketones is 1. The number of carbonyl (C=O) groups is 2. The average Bonchev–Trinajstić information content (AvgIpc) is 3.12. The van der Waals surface area contributed by atoms with Gasteiger partial charge in [0.25, 0.3) is 0 Å². The van der Waals surface area contributed by atoms with E-state index in [0.29, 0.717) is 46.2 Å². The molecule has 1 aliphatic rings. The summed E-state index contributed by atoms with van der Waals surface area (Å²) in [5.41, 5.74) is 3.46. The van der Waals surface area contributed by atoms with Crippen LogP contribution in [0.5, 0.6) is 23.0 Å². The van der Waals surface area contributed by atoms with E-state index in [2.05, 4.69) is 5.32 Å². The molecule has 3 aromatic rings. The number of amides is 1. The van der Waals surface area contributed by atoms with Crippen molar-refractivity contribution in [3.8, 4) is 23.0 Å². The lowest BCUT2D eigenvalue weighted by atomic mass is 10.1. The van der Waals surface area contributed by atoms with E-state index in [4.69, 9.17) is 18.9 Å². The normalized spacial score (nSPS) is 13.4. The molecule has 0 unspecified atom stereocenters. The number of hydrogen-bond acceptors (Lipinski definition) is 6. The maximum atomic E-state index is 12.9. The van der Waals surface area contributed by atoms with Gasteiger partial charge in [0.05, 0.1) is 21.3 Å². The van der Waals surface area contributed by atoms with E-state index < -0.39 is 6.09 Å². The number of carbonyl (C=O) groups excluding carboxylic acids is 2. The first-order valence-corrected chi connectivity index (χ1v) is 10.2. The number of fused-ring (bicyclic) bond motifs is 1. The van der Waals surface area contributed by atoms with Crippen molar-refractivity contribution in [1.82, 2.24) is 0 Å². The van der Waals surface area contributed by atoms with Crippen molar-refractivity contribution >= 4 is 23.6 Å². The minimum atomic E-state index is -0.617. The number of ether oxygens (including phenoxy) is 4. The SMILES string of the molecule is COc1ccc(NC(=O)Oc2cccc(/C=C3\Cc4cc(OC)c(OC)cc4C3=O)c2)cc1. The largest absolute Gasteiger partial charge is 0.497 e. The molecule has 1 N–H and O–H groups in total. The first-order chi connectivity index (χ1) is 16.0. The van der Waals surface area contributed by atoms with Crippen molar-refractivity contribution in [1.29, 1.82) is 0 Å². The van der Waals surface area contributed by atoms with Crippen LogP contribution in [0.2, 0.25) is 0 Å². The van der Waals surface area contributed by atoms with Gasteiger partial charge in [0.15, 0.2) is 17.3 Å².